The molecule has 0 aliphatic carbocycles. The second-order valence-electron chi connectivity index (χ2n) is 3.67. The van der Waals surface area contributed by atoms with Crippen LogP contribution in [0.15, 0.2) is 46.4 Å². The largest absolute Gasteiger partial charge is 0.588 e. The Kier molecular flexibility index (Phi) is 2.95. The first-order valence-corrected chi connectivity index (χ1v) is 6.74. The quantitative estimate of drug-likeness (QED) is 0.644. The monoisotopic (exact) mass is 277 g/mol. The smallest absolute Gasteiger partial charge is 0.206 e. The molecule has 6 heteroatoms. The lowest BCUT2D eigenvalue weighted by Crippen LogP contribution is -2.24. The van der Waals surface area contributed by atoms with Gasteiger partial charge in [0.25, 0.3) is 0 Å². The van der Waals surface area contributed by atoms with Crippen LogP contribution >= 0.6 is 11.6 Å². The number of aliphatic imine (C=N–C) groups is 1. The maximum Gasteiger partial charge on any atom is 0.206 e. The molecule has 3 rings (SSSR count). The van der Waals surface area contributed by atoms with Crippen molar-refractivity contribution in [3.63, 3.8) is 0 Å². The van der Waals surface area contributed by atoms with E-state index >= 15 is 0 Å². The molecule has 1 N–H and O–H groups in total. The summed E-state index contributed by atoms with van der Waals surface area (Å²) in [6, 6.07) is 9.22. The van der Waals surface area contributed by atoms with Crippen LogP contribution in [0.1, 0.15) is 0 Å². The fraction of sp³-hybridized carbons (Fsp3) is 0. The summed E-state index contributed by atoms with van der Waals surface area (Å²) in [6.07, 6.45) is 3.07. The Morgan fingerprint density at radius 1 is 1.28 bits per heavy atom. The molecule has 0 amide bonds. The van der Waals surface area contributed by atoms with Crippen LogP contribution in [0.3, 0.4) is 0 Å². The van der Waals surface area contributed by atoms with Crippen LogP contribution in [0, 0.1) is 0 Å². The molecule has 1 aliphatic rings. The van der Waals surface area contributed by atoms with Gasteiger partial charge in [0, 0.05) is 17.8 Å². The summed E-state index contributed by atoms with van der Waals surface area (Å²) in [5, 5.41) is 0.426. The van der Waals surface area contributed by atoms with E-state index in [4.69, 9.17) is 11.6 Å². The highest BCUT2D eigenvalue weighted by Crippen LogP contribution is 2.33. The van der Waals surface area contributed by atoms with Crippen molar-refractivity contribution in [1.82, 2.24) is 9.71 Å². The Morgan fingerprint density at radius 2 is 2.17 bits per heavy atom. The number of halogens is 1. The van der Waals surface area contributed by atoms with Gasteiger partial charge in [-0.05, 0) is 23.8 Å². The Hall–Kier alpha value is -1.56. The van der Waals surface area contributed by atoms with Crippen LogP contribution in [-0.4, -0.2) is 15.9 Å². The lowest BCUT2D eigenvalue weighted by molar-refractivity contribution is 0.591. The Labute approximate surface area is 112 Å². The van der Waals surface area contributed by atoms with Crippen LogP contribution in [0.25, 0.3) is 11.1 Å². The molecule has 0 radical (unpaired) electrons. The second kappa shape index (κ2) is 4.61. The predicted octanol–water partition coefficient (Wildman–Crippen LogP) is 2.69. The molecule has 1 aromatic carbocycles. The van der Waals surface area contributed by atoms with E-state index in [1.165, 1.54) is 6.34 Å². The Balaban J connectivity index is 2.13. The van der Waals surface area contributed by atoms with Gasteiger partial charge in [-0.1, -0.05) is 17.7 Å². The van der Waals surface area contributed by atoms with E-state index in [2.05, 4.69) is 14.7 Å². The molecule has 1 unspecified atom stereocenters. The molecule has 0 bridgehead atoms. The first-order valence-electron chi connectivity index (χ1n) is 5.21. The topological polar surface area (TPSA) is 60.3 Å². The van der Waals surface area contributed by atoms with Crippen LogP contribution in [0.5, 0.6) is 0 Å². The molecular formula is C12H8ClN3OS. The van der Waals surface area contributed by atoms with Crippen LogP contribution in [-0.2, 0) is 11.4 Å². The summed E-state index contributed by atoms with van der Waals surface area (Å²) in [6.45, 7) is 0. The molecule has 0 saturated carbocycles. The number of fused-ring (bicyclic) bond motifs is 1. The lowest BCUT2D eigenvalue weighted by Gasteiger charge is -2.15. The average Bonchev–Trinajstić information content (AvgIpc) is 2.40. The number of nitrogens with zero attached hydrogens (tertiary/aromatic N) is 2. The summed E-state index contributed by atoms with van der Waals surface area (Å²) >= 11 is 4.78. The highest BCUT2D eigenvalue weighted by Gasteiger charge is 2.20. The summed E-state index contributed by atoms with van der Waals surface area (Å²) in [7, 11) is 0. The van der Waals surface area contributed by atoms with E-state index in [0.29, 0.717) is 15.7 Å². The third-order valence-electron chi connectivity index (χ3n) is 2.59. The van der Waals surface area contributed by atoms with Crippen molar-refractivity contribution in [1.29, 1.82) is 0 Å². The van der Waals surface area contributed by atoms with Gasteiger partial charge in [0.2, 0.25) is 4.90 Å². The molecule has 1 aliphatic heterocycles. The van der Waals surface area contributed by atoms with Gasteiger partial charge in [-0.3, -0.25) is 0 Å². The number of pyridine rings is 1. The number of nitrogens with one attached hydrogen (secondary N) is 1. The van der Waals surface area contributed by atoms with E-state index < -0.39 is 11.4 Å². The van der Waals surface area contributed by atoms with Crippen LogP contribution < -0.4 is 4.72 Å². The first-order chi connectivity index (χ1) is 8.75. The van der Waals surface area contributed by atoms with Crippen molar-refractivity contribution in [3.05, 3.63) is 41.7 Å². The zero-order chi connectivity index (χ0) is 12.5. The molecule has 90 valence electrons. The molecule has 1 atom stereocenters. The van der Waals surface area contributed by atoms with Crippen molar-refractivity contribution in [2.75, 3.05) is 0 Å². The molecular weight excluding hydrogens is 270 g/mol. The Bertz CT molecular complexity index is 632. The van der Waals surface area contributed by atoms with Gasteiger partial charge >= 0.3 is 0 Å². The molecule has 2 heterocycles. The molecule has 0 spiro atoms. The summed E-state index contributed by atoms with van der Waals surface area (Å²) < 4.78 is 14.5. The number of benzene rings is 1. The second-order valence-corrected chi connectivity index (χ2v) is 5.24. The van der Waals surface area contributed by atoms with Crippen LogP contribution in [0.2, 0.25) is 5.15 Å². The lowest BCUT2D eigenvalue weighted by atomic mass is 10.1. The van der Waals surface area contributed by atoms with Gasteiger partial charge in [0.15, 0.2) is 0 Å². The zero-order valence-electron chi connectivity index (χ0n) is 9.13. The minimum Gasteiger partial charge on any atom is -0.588 e. The minimum atomic E-state index is -1.27. The van der Waals surface area contributed by atoms with Gasteiger partial charge in [-0.25, -0.2) is 9.98 Å². The van der Waals surface area contributed by atoms with Crippen LogP contribution in [0.4, 0.5) is 5.69 Å². The third kappa shape index (κ3) is 1.96. The maximum atomic E-state index is 11.8. The number of rotatable bonds is 1. The summed E-state index contributed by atoms with van der Waals surface area (Å²) in [4.78, 5) is 8.80. The standard InChI is InChI=1S/C12H8ClN3OS/c13-12-9(2-1-5-14-12)8-3-4-10-11(6-8)18(17)16-7-15-10/h1-7H,(H,15,16). The predicted molar refractivity (Wildman–Crippen MR) is 72.4 cm³/mol. The van der Waals surface area contributed by atoms with Crippen molar-refractivity contribution >= 4 is 35.0 Å². The molecule has 2 aromatic rings. The van der Waals surface area contributed by atoms with E-state index in [-0.39, 0.29) is 0 Å². The SMILES string of the molecule is [O-][S+]1NC=Nc2ccc(-c3cccnc3Cl)cc21. The maximum absolute atomic E-state index is 11.8. The molecule has 4 nitrogen and oxygen atoms in total. The van der Waals surface area contributed by atoms with Gasteiger partial charge in [0.1, 0.15) is 28.5 Å². The highest BCUT2D eigenvalue weighted by molar-refractivity contribution is 7.90. The van der Waals surface area contributed by atoms with Gasteiger partial charge in [-0.2, -0.15) is 4.72 Å². The van der Waals surface area contributed by atoms with Crippen molar-refractivity contribution in [2.45, 2.75) is 4.90 Å². The number of hydrogen-bond donors (Lipinski definition) is 1. The summed E-state index contributed by atoms with van der Waals surface area (Å²) in [5.41, 5.74) is 2.39. The summed E-state index contributed by atoms with van der Waals surface area (Å²) in [5.74, 6) is 0. The van der Waals surface area contributed by atoms with Crippen molar-refractivity contribution in [2.24, 2.45) is 4.99 Å². The molecule has 1 aromatic heterocycles. The highest BCUT2D eigenvalue weighted by atomic mass is 35.5. The van der Waals surface area contributed by atoms with E-state index in [1.54, 1.807) is 6.20 Å². The molecule has 18 heavy (non-hydrogen) atoms. The van der Waals surface area contributed by atoms with Crippen molar-refractivity contribution < 1.29 is 4.55 Å². The third-order valence-corrected chi connectivity index (χ3v) is 3.94. The normalized spacial score (nSPS) is 17.1. The number of aromatic nitrogens is 1. The average molecular weight is 278 g/mol. The van der Waals surface area contributed by atoms with Crippen molar-refractivity contribution in [3.8, 4) is 11.1 Å². The van der Waals surface area contributed by atoms with E-state index in [9.17, 15) is 4.55 Å². The van der Waals surface area contributed by atoms with Gasteiger partial charge in [0.05, 0.1) is 0 Å². The van der Waals surface area contributed by atoms with Gasteiger partial charge < -0.3 is 4.55 Å². The first kappa shape index (κ1) is 11.5. The molecule has 0 saturated heterocycles. The van der Waals surface area contributed by atoms with E-state index in [1.807, 2.05) is 30.3 Å². The minimum absolute atomic E-state index is 0.426. The zero-order valence-corrected chi connectivity index (χ0v) is 10.7. The fourth-order valence-electron chi connectivity index (χ4n) is 1.75. The molecule has 0 fully saturated rings. The number of hydrogen-bond acceptors (Lipinski definition) is 4. The van der Waals surface area contributed by atoms with E-state index in [0.717, 1.165) is 11.1 Å². The fourth-order valence-corrected chi connectivity index (χ4v) is 2.79. The Morgan fingerprint density at radius 3 is 3.00 bits per heavy atom. The van der Waals surface area contributed by atoms with Gasteiger partial charge in [-0.15, -0.1) is 0 Å².